The molecule has 4 N–H and O–H groups in total. The minimum Gasteiger partial charge on any atom is -0.409 e. The molecule has 8 nitrogen and oxygen atoms in total. The lowest BCUT2D eigenvalue weighted by atomic mass is 10.0. The molecular formula is C11H22N4O4S. The molecule has 9 heteroatoms. The summed E-state index contributed by atoms with van der Waals surface area (Å²) >= 11 is 0. The molecule has 1 amide bonds. The first-order chi connectivity index (χ1) is 9.24. The molecule has 1 rings (SSSR count). The molecule has 0 aromatic carbocycles. The van der Waals surface area contributed by atoms with Gasteiger partial charge >= 0.3 is 0 Å². The molecule has 0 spiro atoms. The van der Waals surface area contributed by atoms with Gasteiger partial charge in [-0.25, -0.2) is 8.42 Å². The van der Waals surface area contributed by atoms with E-state index in [4.69, 9.17) is 10.9 Å². The number of oxime groups is 1. The Hall–Kier alpha value is -1.35. The molecule has 0 aromatic heterocycles. The second-order valence-corrected chi connectivity index (χ2v) is 7.49. The largest absolute Gasteiger partial charge is 0.409 e. The number of carbonyl (C=O) groups is 1. The van der Waals surface area contributed by atoms with Gasteiger partial charge in [0.2, 0.25) is 5.91 Å². The first-order valence-electron chi connectivity index (χ1n) is 6.42. The van der Waals surface area contributed by atoms with E-state index < -0.39 is 21.0 Å². The van der Waals surface area contributed by atoms with Crippen molar-refractivity contribution in [1.29, 1.82) is 0 Å². The average molecular weight is 306 g/mol. The summed E-state index contributed by atoms with van der Waals surface area (Å²) in [5.41, 5.74) is 5.43. The number of amidine groups is 1. The zero-order chi connectivity index (χ0) is 15.3. The maximum atomic E-state index is 11.8. The zero-order valence-electron chi connectivity index (χ0n) is 11.7. The Kier molecular flexibility index (Phi) is 5.75. The van der Waals surface area contributed by atoms with Crippen LogP contribution in [0.1, 0.15) is 19.8 Å². The first-order valence-corrected chi connectivity index (χ1v) is 8.37. The van der Waals surface area contributed by atoms with Gasteiger partial charge in [0.25, 0.3) is 0 Å². The molecular weight excluding hydrogens is 284 g/mol. The van der Waals surface area contributed by atoms with E-state index in [0.717, 1.165) is 6.26 Å². The number of amides is 1. The molecule has 1 aliphatic rings. The number of likely N-dealkylation sites (tertiary alicyclic amines) is 1. The van der Waals surface area contributed by atoms with Crippen LogP contribution in [0.25, 0.3) is 0 Å². The van der Waals surface area contributed by atoms with Crippen LogP contribution in [-0.4, -0.2) is 67.4 Å². The normalized spacial score (nSPS) is 20.6. The van der Waals surface area contributed by atoms with Crippen molar-refractivity contribution in [3.8, 4) is 0 Å². The van der Waals surface area contributed by atoms with Gasteiger partial charge < -0.3 is 16.3 Å². The second kappa shape index (κ2) is 6.89. The Labute approximate surface area is 118 Å². The van der Waals surface area contributed by atoms with Crippen molar-refractivity contribution in [3.05, 3.63) is 0 Å². The number of piperidine rings is 1. The predicted molar refractivity (Wildman–Crippen MR) is 75.3 cm³/mol. The molecule has 1 fully saturated rings. The molecule has 0 saturated carbocycles. The molecule has 0 aliphatic carbocycles. The lowest BCUT2D eigenvalue weighted by Crippen LogP contribution is -2.49. The van der Waals surface area contributed by atoms with Crippen LogP contribution < -0.4 is 11.1 Å². The quantitative estimate of drug-likeness (QED) is 0.252. The summed E-state index contributed by atoms with van der Waals surface area (Å²) in [5, 5.41) is 13.1. The molecule has 1 unspecified atom stereocenters. The minimum atomic E-state index is -3.37. The van der Waals surface area contributed by atoms with Crippen molar-refractivity contribution in [2.75, 3.05) is 25.9 Å². The Balaban J connectivity index is 2.41. The third-order valence-electron chi connectivity index (χ3n) is 3.46. The van der Waals surface area contributed by atoms with Gasteiger partial charge in [-0.1, -0.05) is 5.16 Å². The number of sulfone groups is 1. The number of nitrogens with two attached hydrogens (primary N) is 1. The molecule has 1 heterocycles. The molecule has 0 radical (unpaired) electrons. The van der Waals surface area contributed by atoms with Gasteiger partial charge in [-0.2, -0.15) is 0 Å². The Morgan fingerprint density at radius 1 is 1.50 bits per heavy atom. The summed E-state index contributed by atoms with van der Waals surface area (Å²) in [6, 6.07) is -0.0322. The summed E-state index contributed by atoms with van der Waals surface area (Å²) in [7, 11) is -3.37. The summed E-state index contributed by atoms with van der Waals surface area (Å²) in [6.45, 7) is 3.18. The van der Waals surface area contributed by atoms with Crippen molar-refractivity contribution >= 4 is 21.6 Å². The molecule has 116 valence electrons. The topological polar surface area (TPSA) is 125 Å². The van der Waals surface area contributed by atoms with Crippen LogP contribution in [0.2, 0.25) is 0 Å². The number of hydrogen-bond acceptors (Lipinski definition) is 6. The number of hydrogen-bond donors (Lipinski definition) is 3. The predicted octanol–water partition coefficient (Wildman–Crippen LogP) is -1.25. The van der Waals surface area contributed by atoms with Crippen molar-refractivity contribution in [1.82, 2.24) is 10.2 Å². The highest BCUT2D eigenvalue weighted by Gasteiger charge is 2.27. The lowest BCUT2D eigenvalue weighted by molar-refractivity contribution is -0.121. The summed E-state index contributed by atoms with van der Waals surface area (Å²) in [5.74, 6) is -0.305. The van der Waals surface area contributed by atoms with E-state index in [-0.39, 0.29) is 11.9 Å². The smallest absolute Gasteiger partial charge is 0.238 e. The van der Waals surface area contributed by atoms with Crippen molar-refractivity contribution < 1.29 is 18.4 Å². The lowest BCUT2D eigenvalue weighted by Gasteiger charge is -2.32. The number of nitrogens with zero attached hydrogens (tertiary/aromatic N) is 2. The average Bonchev–Trinajstić information content (AvgIpc) is 2.38. The van der Waals surface area contributed by atoms with Gasteiger partial charge in [0.15, 0.2) is 15.7 Å². The van der Waals surface area contributed by atoms with E-state index in [1.54, 1.807) is 0 Å². The standard InChI is InChI=1S/C11H22N4O4S/c1-8(20(2,18)19)11(16)13-9-3-5-15(6-4-9)7-10(12)14-17/h8-9,17H,3-7H2,1-2H3,(H2,12,14)(H,13,16). The van der Waals surface area contributed by atoms with E-state index in [1.807, 2.05) is 4.90 Å². The summed E-state index contributed by atoms with van der Waals surface area (Å²) < 4.78 is 22.6. The van der Waals surface area contributed by atoms with Gasteiger partial charge in [-0.05, 0) is 19.8 Å². The highest BCUT2D eigenvalue weighted by Crippen LogP contribution is 2.11. The van der Waals surface area contributed by atoms with Gasteiger partial charge in [-0.3, -0.25) is 9.69 Å². The van der Waals surface area contributed by atoms with Crippen molar-refractivity contribution in [2.24, 2.45) is 10.9 Å². The van der Waals surface area contributed by atoms with Crippen LogP contribution in [-0.2, 0) is 14.6 Å². The van der Waals surface area contributed by atoms with E-state index in [1.165, 1.54) is 6.92 Å². The Morgan fingerprint density at radius 3 is 2.50 bits per heavy atom. The van der Waals surface area contributed by atoms with Crippen molar-refractivity contribution in [2.45, 2.75) is 31.1 Å². The minimum absolute atomic E-state index is 0.0322. The second-order valence-electron chi connectivity index (χ2n) is 5.12. The third-order valence-corrected chi connectivity index (χ3v) is 4.96. The van der Waals surface area contributed by atoms with Gasteiger partial charge in [0, 0.05) is 25.4 Å². The van der Waals surface area contributed by atoms with Crippen LogP contribution in [0.5, 0.6) is 0 Å². The van der Waals surface area contributed by atoms with Crippen LogP contribution >= 0.6 is 0 Å². The highest BCUT2D eigenvalue weighted by atomic mass is 32.2. The molecule has 20 heavy (non-hydrogen) atoms. The molecule has 0 aromatic rings. The molecule has 1 saturated heterocycles. The maximum absolute atomic E-state index is 11.8. The Morgan fingerprint density at radius 2 is 2.05 bits per heavy atom. The van der Waals surface area contributed by atoms with E-state index in [9.17, 15) is 13.2 Å². The van der Waals surface area contributed by atoms with E-state index in [0.29, 0.717) is 32.5 Å². The number of rotatable bonds is 5. The third kappa shape index (κ3) is 4.97. The molecule has 1 aliphatic heterocycles. The Bertz CT molecular complexity index is 469. The maximum Gasteiger partial charge on any atom is 0.238 e. The fourth-order valence-corrected chi connectivity index (χ4v) is 2.47. The van der Waals surface area contributed by atoms with Crippen LogP contribution in [0.15, 0.2) is 5.16 Å². The van der Waals surface area contributed by atoms with Crippen LogP contribution in [0, 0.1) is 0 Å². The fraction of sp³-hybridized carbons (Fsp3) is 0.818. The monoisotopic (exact) mass is 306 g/mol. The van der Waals surface area contributed by atoms with Crippen LogP contribution in [0.4, 0.5) is 0 Å². The summed E-state index contributed by atoms with van der Waals surface area (Å²) in [4.78, 5) is 13.8. The molecule has 0 bridgehead atoms. The molecule has 1 atom stereocenters. The highest BCUT2D eigenvalue weighted by molar-refractivity contribution is 7.92. The number of carbonyl (C=O) groups excluding carboxylic acids is 1. The van der Waals surface area contributed by atoms with Gasteiger partial charge in [0.1, 0.15) is 5.25 Å². The SMILES string of the molecule is CC(C(=O)NC1CCN(CC(N)=NO)CC1)S(C)(=O)=O. The van der Waals surface area contributed by atoms with E-state index in [2.05, 4.69) is 10.5 Å². The fourth-order valence-electron chi connectivity index (χ4n) is 2.01. The van der Waals surface area contributed by atoms with Gasteiger partial charge in [0.05, 0.1) is 6.54 Å². The van der Waals surface area contributed by atoms with Gasteiger partial charge in [-0.15, -0.1) is 0 Å². The zero-order valence-corrected chi connectivity index (χ0v) is 12.6. The summed E-state index contributed by atoms with van der Waals surface area (Å²) in [6.07, 6.45) is 2.47. The number of nitrogens with one attached hydrogen (secondary N) is 1. The first kappa shape index (κ1) is 16.7. The van der Waals surface area contributed by atoms with E-state index >= 15 is 0 Å². The van der Waals surface area contributed by atoms with Crippen LogP contribution in [0.3, 0.4) is 0 Å². The van der Waals surface area contributed by atoms with Crippen molar-refractivity contribution in [3.63, 3.8) is 0 Å².